The molecule has 178 valence electrons. The molecule has 3 atom stereocenters. The highest BCUT2D eigenvalue weighted by Crippen LogP contribution is 2.25. The molecule has 0 spiro atoms. The molecule has 5 heteroatoms. The minimum atomic E-state index is -0.307. The molecule has 1 fully saturated rings. The van der Waals surface area contributed by atoms with Gasteiger partial charge < -0.3 is 14.7 Å². The lowest BCUT2D eigenvalue weighted by molar-refractivity contribution is -0.140. The van der Waals surface area contributed by atoms with Crippen molar-refractivity contribution in [2.24, 2.45) is 5.92 Å². The summed E-state index contributed by atoms with van der Waals surface area (Å²) >= 11 is 0. The summed E-state index contributed by atoms with van der Waals surface area (Å²) in [6.07, 6.45) is 13.3. The van der Waals surface area contributed by atoms with E-state index in [4.69, 9.17) is 0 Å². The number of aryl methyl sites for hydroxylation is 1. The number of esters is 1. The molecule has 2 rings (SSSR count). The van der Waals surface area contributed by atoms with E-state index in [-0.39, 0.29) is 29.9 Å². The quantitative estimate of drug-likeness (QED) is 0.234. The minimum absolute atomic E-state index is 0.183. The van der Waals surface area contributed by atoms with Crippen LogP contribution in [-0.4, -0.2) is 47.7 Å². The lowest BCUT2D eigenvalue weighted by Gasteiger charge is -2.26. The number of methoxy groups -OCH3 is 1. The van der Waals surface area contributed by atoms with Crippen molar-refractivity contribution in [2.45, 2.75) is 89.7 Å². The third kappa shape index (κ3) is 9.56. The molecule has 0 saturated carbocycles. The number of hydrogen-bond acceptors (Lipinski definition) is 4. The molecule has 0 aliphatic carbocycles. The number of aliphatic hydroxyl groups excluding tert-OH is 1. The summed E-state index contributed by atoms with van der Waals surface area (Å²) in [4.78, 5) is 25.4. The maximum atomic E-state index is 12.3. The Morgan fingerprint density at radius 1 is 1.19 bits per heavy atom. The number of benzene rings is 1. The van der Waals surface area contributed by atoms with Crippen LogP contribution in [0.4, 0.5) is 0 Å². The highest BCUT2D eigenvalue weighted by molar-refractivity contribution is 5.78. The van der Waals surface area contributed by atoms with Gasteiger partial charge in [-0.2, -0.15) is 0 Å². The third-order valence-corrected chi connectivity index (χ3v) is 6.57. The fourth-order valence-electron chi connectivity index (χ4n) is 4.40. The van der Waals surface area contributed by atoms with Crippen molar-refractivity contribution < 1.29 is 19.4 Å². The topological polar surface area (TPSA) is 66.8 Å². The molecule has 1 aliphatic heterocycles. The largest absolute Gasteiger partial charge is 0.469 e. The van der Waals surface area contributed by atoms with Gasteiger partial charge in [0.2, 0.25) is 5.91 Å². The van der Waals surface area contributed by atoms with E-state index in [0.717, 1.165) is 57.8 Å². The second kappa shape index (κ2) is 14.8. The number of ether oxygens (including phenoxy) is 1. The monoisotopic (exact) mass is 443 g/mol. The summed E-state index contributed by atoms with van der Waals surface area (Å²) in [5, 5.41) is 10.6. The summed E-state index contributed by atoms with van der Waals surface area (Å²) in [6, 6.07) is 10.8. The van der Waals surface area contributed by atoms with E-state index in [9.17, 15) is 14.7 Å². The molecule has 5 nitrogen and oxygen atoms in total. The highest BCUT2D eigenvalue weighted by Gasteiger charge is 2.30. The Balaban J connectivity index is 1.63. The zero-order valence-electron chi connectivity index (χ0n) is 19.9. The van der Waals surface area contributed by atoms with Crippen molar-refractivity contribution >= 4 is 11.9 Å². The lowest BCUT2D eigenvalue weighted by atomic mass is 9.92. The van der Waals surface area contributed by atoms with E-state index in [0.29, 0.717) is 19.4 Å². The zero-order valence-corrected chi connectivity index (χ0v) is 19.9. The smallest absolute Gasteiger partial charge is 0.305 e. The van der Waals surface area contributed by atoms with Crippen molar-refractivity contribution in [3.05, 3.63) is 48.0 Å². The van der Waals surface area contributed by atoms with Crippen LogP contribution >= 0.6 is 0 Å². The number of allylic oxidation sites excluding steroid dienone is 1. The second-order valence-corrected chi connectivity index (χ2v) is 9.03. The number of nitrogens with zero attached hydrogens (tertiary/aromatic N) is 1. The maximum absolute atomic E-state index is 12.3. The predicted octanol–water partition coefficient (Wildman–Crippen LogP) is 5.07. The average Bonchev–Trinajstić information content (AvgIpc) is 3.16. The zero-order chi connectivity index (χ0) is 23.2. The van der Waals surface area contributed by atoms with Gasteiger partial charge in [0, 0.05) is 25.4 Å². The third-order valence-electron chi connectivity index (χ3n) is 6.57. The molecule has 0 aromatic heterocycles. The Kier molecular flexibility index (Phi) is 12.1. The molecular formula is C27H41NO4. The van der Waals surface area contributed by atoms with E-state index < -0.39 is 0 Å². The Morgan fingerprint density at radius 3 is 2.72 bits per heavy atom. The normalized spacial score (nSPS) is 18.3. The van der Waals surface area contributed by atoms with Crippen LogP contribution < -0.4 is 0 Å². The van der Waals surface area contributed by atoms with Gasteiger partial charge in [-0.15, -0.1) is 0 Å². The minimum Gasteiger partial charge on any atom is -0.469 e. The van der Waals surface area contributed by atoms with Crippen LogP contribution in [0.25, 0.3) is 0 Å². The van der Waals surface area contributed by atoms with Crippen LogP contribution in [0.2, 0.25) is 0 Å². The van der Waals surface area contributed by atoms with Gasteiger partial charge in [-0.3, -0.25) is 9.59 Å². The summed E-state index contributed by atoms with van der Waals surface area (Å²) < 4.78 is 4.64. The number of amides is 1. The number of rotatable bonds is 15. The molecule has 0 radical (unpaired) electrons. The number of unbranched alkanes of at least 4 members (excludes halogenated alkanes) is 2. The first-order chi connectivity index (χ1) is 15.5. The molecule has 32 heavy (non-hydrogen) atoms. The summed E-state index contributed by atoms with van der Waals surface area (Å²) in [5.41, 5.74) is 1.38. The Morgan fingerprint density at radius 2 is 1.97 bits per heavy atom. The molecule has 0 unspecified atom stereocenters. The Labute approximate surface area is 193 Å². The number of aliphatic hydroxyl groups is 1. The van der Waals surface area contributed by atoms with Crippen LogP contribution in [0.1, 0.15) is 76.7 Å². The number of hydrogen-bond donors (Lipinski definition) is 1. The Bertz CT molecular complexity index is 703. The van der Waals surface area contributed by atoms with Crippen molar-refractivity contribution in [1.82, 2.24) is 4.90 Å². The fourth-order valence-corrected chi connectivity index (χ4v) is 4.40. The van der Waals surface area contributed by atoms with Crippen LogP contribution in [0.3, 0.4) is 0 Å². The molecule has 1 aromatic carbocycles. The van der Waals surface area contributed by atoms with Gasteiger partial charge in [-0.25, -0.2) is 0 Å². The van der Waals surface area contributed by atoms with Gasteiger partial charge in [0.05, 0.1) is 13.2 Å². The average molecular weight is 444 g/mol. The molecular weight excluding hydrogens is 402 g/mol. The predicted molar refractivity (Wildman–Crippen MR) is 128 cm³/mol. The van der Waals surface area contributed by atoms with Gasteiger partial charge in [-0.05, 0) is 62.8 Å². The fraction of sp³-hybridized carbons (Fsp3) is 0.630. The van der Waals surface area contributed by atoms with Gasteiger partial charge in [0.25, 0.3) is 0 Å². The van der Waals surface area contributed by atoms with E-state index in [2.05, 4.69) is 35.9 Å². The van der Waals surface area contributed by atoms with Gasteiger partial charge >= 0.3 is 5.97 Å². The standard InChI is InChI=1S/C27H41NO4/c1-22(12-9-10-15-23-13-6-5-7-14-23)25(29)19-17-24-18-20-26(30)28(24)21-11-4-3-8-16-27(31)32-2/h4-7,11,13-14,22,24-25,29H,3,8-10,12,15-21H2,1-2H3/b11-4-/t22-,24-,25+/m0/s1. The summed E-state index contributed by atoms with van der Waals surface area (Å²) in [6.45, 7) is 2.76. The summed E-state index contributed by atoms with van der Waals surface area (Å²) in [7, 11) is 1.40. The van der Waals surface area contributed by atoms with Crippen molar-refractivity contribution in [2.75, 3.05) is 13.7 Å². The first-order valence-corrected chi connectivity index (χ1v) is 12.2. The first-order valence-electron chi connectivity index (χ1n) is 12.2. The van der Waals surface area contributed by atoms with E-state index in [1.54, 1.807) is 0 Å². The lowest BCUT2D eigenvalue weighted by Crippen LogP contribution is -2.34. The van der Waals surface area contributed by atoms with Crippen LogP contribution in [-0.2, 0) is 20.7 Å². The number of carbonyl (C=O) groups is 2. The van der Waals surface area contributed by atoms with E-state index >= 15 is 0 Å². The second-order valence-electron chi connectivity index (χ2n) is 9.03. The van der Waals surface area contributed by atoms with Crippen LogP contribution in [0.15, 0.2) is 42.5 Å². The maximum Gasteiger partial charge on any atom is 0.305 e. The number of likely N-dealkylation sites (tertiary alicyclic amines) is 1. The molecule has 1 aromatic rings. The first kappa shape index (κ1) is 26.1. The van der Waals surface area contributed by atoms with Gasteiger partial charge in [0.15, 0.2) is 0 Å². The van der Waals surface area contributed by atoms with E-state index in [1.807, 2.05) is 23.1 Å². The van der Waals surface area contributed by atoms with E-state index in [1.165, 1.54) is 12.7 Å². The highest BCUT2D eigenvalue weighted by atomic mass is 16.5. The van der Waals surface area contributed by atoms with Crippen molar-refractivity contribution in [3.63, 3.8) is 0 Å². The summed E-state index contributed by atoms with van der Waals surface area (Å²) in [5.74, 6) is 0.306. The van der Waals surface area contributed by atoms with Gasteiger partial charge in [-0.1, -0.05) is 55.8 Å². The van der Waals surface area contributed by atoms with Crippen LogP contribution in [0, 0.1) is 5.92 Å². The van der Waals surface area contributed by atoms with Crippen LogP contribution in [0.5, 0.6) is 0 Å². The SMILES string of the molecule is COC(=O)CCC/C=C\CN1C(=O)CC[C@@H]1CC[C@@H](O)[C@@H](C)CCCCc1ccccc1. The molecule has 1 N–H and O–H groups in total. The molecule has 1 heterocycles. The number of carbonyl (C=O) groups excluding carboxylic acids is 2. The molecule has 1 saturated heterocycles. The molecule has 1 aliphatic rings. The molecule has 1 amide bonds. The Hall–Kier alpha value is -2.14. The van der Waals surface area contributed by atoms with Gasteiger partial charge in [0.1, 0.15) is 0 Å². The van der Waals surface area contributed by atoms with Crippen molar-refractivity contribution in [1.29, 1.82) is 0 Å². The molecule has 0 bridgehead atoms. The van der Waals surface area contributed by atoms with Crippen molar-refractivity contribution in [3.8, 4) is 0 Å².